The smallest absolute Gasteiger partial charge is 0.224 e. The minimum atomic E-state index is -0.0795. The molecule has 0 radical (unpaired) electrons. The Hall–Kier alpha value is -2.56. The van der Waals surface area contributed by atoms with Crippen LogP contribution in [0.4, 0.5) is 17.3 Å². The van der Waals surface area contributed by atoms with Crippen molar-refractivity contribution < 1.29 is 4.79 Å². The van der Waals surface area contributed by atoms with E-state index in [4.69, 9.17) is 5.73 Å². The van der Waals surface area contributed by atoms with Crippen molar-refractivity contribution in [2.45, 2.75) is 26.8 Å². The summed E-state index contributed by atoms with van der Waals surface area (Å²) in [6.45, 7) is 4.54. The van der Waals surface area contributed by atoms with Gasteiger partial charge in [0, 0.05) is 13.0 Å². The van der Waals surface area contributed by atoms with Gasteiger partial charge in [0.15, 0.2) is 0 Å². The first-order chi connectivity index (χ1) is 10.1. The van der Waals surface area contributed by atoms with E-state index < -0.39 is 0 Å². The van der Waals surface area contributed by atoms with Gasteiger partial charge in [-0.3, -0.25) is 4.79 Å². The van der Waals surface area contributed by atoms with Crippen molar-refractivity contribution in [3.8, 4) is 0 Å². The number of nitrogen functional groups attached to an aromatic ring is 1. The van der Waals surface area contributed by atoms with Crippen molar-refractivity contribution in [2.75, 3.05) is 16.4 Å². The van der Waals surface area contributed by atoms with E-state index in [0.717, 1.165) is 0 Å². The highest BCUT2D eigenvalue weighted by Gasteiger charge is 2.06. The third kappa shape index (κ3) is 3.95. The fourth-order valence-corrected chi connectivity index (χ4v) is 1.91. The summed E-state index contributed by atoms with van der Waals surface area (Å²) in [4.78, 5) is 15.6. The van der Waals surface area contributed by atoms with E-state index in [-0.39, 0.29) is 5.91 Å². The molecular formula is C16H20N4O. The Balaban J connectivity index is 2.03. The highest BCUT2D eigenvalue weighted by molar-refractivity contribution is 5.93. The molecule has 0 spiro atoms. The summed E-state index contributed by atoms with van der Waals surface area (Å²) in [5, 5.41) is 5.95. The summed E-state index contributed by atoms with van der Waals surface area (Å²) in [5.74, 6) is 0.918. The van der Waals surface area contributed by atoms with Gasteiger partial charge in [0.1, 0.15) is 11.6 Å². The van der Waals surface area contributed by atoms with Gasteiger partial charge in [0.05, 0.1) is 5.69 Å². The maximum Gasteiger partial charge on any atom is 0.224 e. The second kappa shape index (κ2) is 6.74. The maximum absolute atomic E-state index is 11.4. The fourth-order valence-electron chi connectivity index (χ4n) is 1.91. The number of nitrogens with zero attached hydrogens (tertiary/aromatic N) is 1. The van der Waals surface area contributed by atoms with Crippen LogP contribution in [-0.2, 0) is 11.3 Å². The first kappa shape index (κ1) is 14.8. The lowest BCUT2D eigenvalue weighted by Crippen LogP contribution is -2.12. The monoisotopic (exact) mass is 284 g/mol. The molecule has 0 saturated carbocycles. The van der Waals surface area contributed by atoms with Crippen molar-refractivity contribution in [2.24, 2.45) is 0 Å². The molecule has 0 unspecified atom stereocenters. The van der Waals surface area contributed by atoms with Gasteiger partial charge in [-0.1, -0.05) is 31.2 Å². The van der Waals surface area contributed by atoms with Crippen LogP contribution in [0.5, 0.6) is 0 Å². The van der Waals surface area contributed by atoms with Crippen LogP contribution in [-0.4, -0.2) is 10.9 Å². The first-order valence-corrected chi connectivity index (χ1v) is 6.95. The van der Waals surface area contributed by atoms with E-state index >= 15 is 0 Å². The summed E-state index contributed by atoms with van der Waals surface area (Å²) in [7, 11) is 0. The van der Waals surface area contributed by atoms with Crippen LogP contribution in [0.1, 0.15) is 24.5 Å². The molecule has 2 rings (SSSR count). The SMILES string of the molecule is CCC(=O)Nc1ccc(NCc2ccccc2C)nc1N. The molecule has 4 N–H and O–H groups in total. The zero-order chi connectivity index (χ0) is 15.2. The molecule has 1 amide bonds. The molecule has 0 saturated heterocycles. The number of benzene rings is 1. The molecule has 5 nitrogen and oxygen atoms in total. The van der Waals surface area contributed by atoms with Crippen molar-refractivity contribution in [1.29, 1.82) is 0 Å². The van der Waals surface area contributed by atoms with E-state index in [1.807, 2.05) is 12.1 Å². The Morgan fingerprint density at radius 1 is 1.24 bits per heavy atom. The van der Waals surface area contributed by atoms with Crippen LogP contribution >= 0.6 is 0 Å². The molecule has 1 heterocycles. The second-order valence-electron chi connectivity index (χ2n) is 4.81. The highest BCUT2D eigenvalue weighted by atomic mass is 16.1. The Labute approximate surface area is 124 Å². The summed E-state index contributed by atoms with van der Waals surface area (Å²) in [6.07, 6.45) is 0.409. The molecule has 0 atom stereocenters. The van der Waals surface area contributed by atoms with Gasteiger partial charge in [-0.25, -0.2) is 4.98 Å². The zero-order valence-corrected chi connectivity index (χ0v) is 12.3. The van der Waals surface area contributed by atoms with Gasteiger partial charge in [-0.05, 0) is 30.2 Å². The second-order valence-corrected chi connectivity index (χ2v) is 4.81. The summed E-state index contributed by atoms with van der Waals surface area (Å²) < 4.78 is 0. The number of nitrogens with one attached hydrogen (secondary N) is 2. The minimum Gasteiger partial charge on any atom is -0.382 e. The number of aryl methyl sites for hydroxylation is 1. The van der Waals surface area contributed by atoms with Gasteiger partial charge in [-0.15, -0.1) is 0 Å². The average Bonchev–Trinajstić information content (AvgIpc) is 2.48. The summed E-state index contributed by atoms with van der Waals surface area (Å²) in [6, 6.07) is 11.7. The number of hydrogen-bond donors (Lipinski definition) is 3. The van der Waals surface area contributed by atoms with Crippen LogP contribution in [0.2, 0.25) is 0 Å². The number of carbonyl (C=O) groups is 1. The molecule has 0 bridgehead atoms. The third-order valence-electron chi connectivity index (χ3n) is 3.24. The van der Waals surface area contributed by atoms with Crippen molar-refractivity contribution in [3.05, 3.63) is 47.5 Å². The minimum absolute atomic E-state index is 0.0795. The standard InChI is InChI=1S/C16H20N4O/c1-3-15(21)19-13-8-9-14(20-16(13)17)18-10-12-7-5-4-6-11(12)2/h4-9H,3,10H2,1-2H3,(H,19,21)(H3,17,18,20). The Morgan fingerprint density at radius 3 is 2.67 bits per heavy atom. The molecule has 5 heteroatoms. The Kier molecular flexibility index (Phi) is 4.77. The Morgan fingerprint density at radius 2 is 2.00 bits per heavy atom. The molecule has 2 aromatic rings. The van der Waals surface area contributed by atoms with E-state index in [1.165, 1.54) is 11.1 Å². The molecule has 0 aliphatic carbocycles. The van der Waals surface area contributed by atoms with E-state index in [2.05, 4.69) is 34.7 Å². The summed E-state index contributed by atoms with van der Waals surface area (Å²) in [5.41, 5.74) is 8.84. The topological polar surface area (TPSA) is 80.0 Å². The average molecular weight is 284 g/mol. The summed E-state index contributed by atoms with van der Waals surface area (Å²) >= 11 is 0. The molecule has 1 aromatic heterocycles. The van der Waals surface area contributed by atoms with Crippen LogP contribution in [0.25, 0.3) is 0 Å². The highest BCUT2D eigenvalue weighted by Crippen LogP contribution is 2.19. The normalized spacial score (nSPS) is 10.2. The quantitative estimate of drug-likeness (QED) is 0.788. The van der Waals surface area contributed by atoms with E-state index in [9.17, 15) is 4.79 Å². The number of carbonyl (C=O) groups excluding carboxylic acids is 1. The van der Waals surface area contributed by atoms with Crippen LogP contribution in [0, 0.1) is 6.92 Å². The number of anilines is 3. The van der Waals surface area contributed by atoms with Crippen molar-refractivity contribution >= 4 is 23.2 Å². The third-order valence-corrected chi connectivity index (χ3v) is 3.24. The van der Waals surface area contributed by atoms with Crippen molar-refractivity contribution in [1.82, 2.24) is 4.98 Å². The maximum atomic E-state index is 11.4. The van der Waals surface area contributed by atoms with Crippen LogP contribution in [0.15, 0.2) is 36.4 Å². The van der Waals surface area contributed by atoms with E-state index in [0.29, 0.717) is 30.3 Å². The van der Waals surface area contributed by atoms with Crippen molar-refractivity contribution in [3.63, 3.8) is 0 Å². The lowest BCUT2D eigenvalue weighted by Gasteiger charge is -2.11. The van der Waals surface area contributed by atoms with Gasteiger partial charge in [0.25, 0.3) is 0 Å². The molecule has 0 aliphatic heterocycles. The van der Waals surface area contributed by atoms with E-state index in [1.54, 1.807) is 19.1 Å². The molecular weight excluding hydrogens is 264 g/mol. The number of pyridine rings is 1. The van der Waals surface area contributed by atoms with Gasteiger partial charge in [-0.2, -0.15) is 0 Å². The lowest BCUT2D eigenvalue weighted by molar-refractivity contribution is -0.115. The molecule has 110 valence electrons. The molecule has 0 aliphatic rings. The lowest BCUT2D eigenvalue weighted by atomic mass is 10.1. The number of amides is 1. The van der Waals surface area contributed by atoms with Crippen LogP contribution < -0.4 is 16.4 Å². The molecule has 1 aromatic carbocycles. The first-order valence-electron chi connectivity index (χ1n) is 6.95. The molecule has 21 heavy (non-hydrogen) atoms. The Bertz CT molecular complexity index is 640. The number of hydrogen-bond acceptors (Lipinski definition) is 4. The predicted molar refractivity (Wildman–Crippen MR) is 86.1 cm³/mol. The zero-order valence-electron chi connectivity index (χ0n) is 12.3. The number of nitrogens with two attached hydrogens (primary N) is 1. The number of aromatic nitrogens is 1. The number of rotatable bonds is 5. The van der Waals surface area contributed by atoms with Gasteiger partial charge < -0.3 is 16.4 Å². The predicted octanol–water partition coefficient (Wildman–Crippen LogP) is 2.93. The van der Waals surface area contributed by atoms with Gasteiger partial charge in [0.2, 0.25) is 5.91 Å². The van der Waals surface area contributed by atoms with Crippen LogP contribution in [0.3, 0.4) is 0 Å². The fraction of sp³-hybridized carbons (Fsp3) is 0.250. The molecule has 0 fully saturated rings. The largest absolute Gasteiger partial charge is 0.382 e. The van der Waals surface area contributed by atoms with Gasteiger partial charge >= 0.3 is 0 Å².